The highest BCUT2D eigenvalue weighted by Crippen LogP contribution is 2.18. The average molecular weight is 320 g/mol. The van der Waals surface area contributed by atoms with Crippen LogP contribution in [-0.4, -0.2) is 17.6 Å². The Balaban J connectivity index is 1.59. The molecule has 0 unspecified atom stereocenters. The van der Waals surface area contributed by atoms with Crippen LogP contribution in [0.4, 0.5) is 0 Å². The van der Waals surface area contributed by atoms with Gasteiger partial charge in [0.2, 0.25) is 5.91 Å². The molecule has 0 saturated carbocycles. The maximum atomic E-state index is 11.6. The van der Waals surface area contributed by atoms with Gasteiger partial charge in [-0.3, -0.25) is 20.4 Å². The Labute approximate surface area is 131 Å². The number of hydrazine groups is 1. The molecule has 0 radical (unpaired) electrons. The zero-order chi connectivity index (χ0) is 14.9. The Kier molecular flexibility index (Phi) is 6.30. The van der Waals surface area contributed by atoms with Gasteiger partial charge in [0.05, 0.1) is 4.88 Å². The van der Waals surface area contributed by atoms with Crippen LogP contribution >= 0.6 is 23.1 Å². The lowest BCUT2D eigenvalue weighted by Crippen LogP contribution is -2.41. The van der Waals surface area contributed by atoms with Gasteiger partial charge in [0.15, 0.2) is 0 Å². The van der Waals surface area contributed by atoms with Gasteiger partial charge in [0.25, 0.3) is 5.91 Å². The highest BCUT2D eigenvalue weighted by molar-refractivity contribution is 7.99. The summed E-state index contributed by atoms with van der Waals surface area (Å²) in [5.74, 6) is 0.418. The zero-order valence-corrected chi connectivity index (χ0v) is 13.0. The molecule has 2 N–H and O–H groups in total. The Morgan fingerprint density at radius 3 is 2.57 bits per heavy atom. The number of thiophene rings is 1. The van der Waals surface area contributed by atoms with E-state index in [0.717, 1.165) is 12.2 Å². The van der Waals surface area contributed by atoms with E-state index in [1.54, 1.807) is 23.9 Å². The summed E-state index contributed by atoms with van der Waals surface area (Å²) in [4.78, 5) is 25.0. The minimum atomic E-state index is -0.281. The second-order valence-corrected chi connectivity index (χ2v) is 6.36. The Bertz CT molecular complexity index is 571. The first kappa shape index (κ1) is 15.6. The Morgan fingerprint density at radius 2 is 1.86 bits per heavy atom. The van der Waals surface area contributed by atoms with Crippen LogP contribution < -0.4 is 10.9 Å². The van der Waals surface area contributed by atoms with Crippen LogP contribution in [0.1, 0.15) is 22.5 Å². The van der Waals surface area contributed by atoms with E-state index in [4.69, 9.17) is 0 Å². The molecule has 0 fully saturated rings. The highest BCUT2D eigenvalue weighted by Gasteiger charge is 2.07. The van der Waals surface area contributed by atoms with Gasteiger partial charge in [0.1, 0.15) is 0 Å². The van der Waals surface area contributed by atoms with Crippen molar-refractivity contribution in [3.05, 3.63) is 52.7 Å². The van der Waals surface area contributed by atoms with Gasteiger partial charge in [-0.25, -0.2) is 0 Å². The molecule has 1 heterocycles. The number of hydrogen-bond acceptors (Lipinski definition) is 4. The maximum absolute atomic E-state index is 11.6. The summed E-state index contributed by atoms with van der Waals surface area (Å²) in [7, 11) is 0. The van der Waals surface area contributed by atoms with E-state index in [-0.39, 0.29) is 11.8 Å². The monoisotopic (exact) mass is 320 g/mol. The highest BCUT2D eigenvalue weighted by atomic mass is 32.2. The molecule has 110 valence electrons. The van der Waals surface area contributed by atoms with Crippen molar-refractivity contribution in [2.75, 3.05) is 5.75 Å². The molecule has 0 saturated heterocycles. The fourth-order valence-corrected chi connectivity index (χ4v) is 3.09. The predicted molar refractivity (Wildman–Crippen MR) is 86.3 cm³/mol. The van der Waals surface area contributed by atoms with Crippen molar-refractivity contribution in [1.29, 1.82) is 0 Å². The van der Waals surface area contributed by atoms with E-state index in [0.29, 0.717) is 11.3 Å². The van der Waals surface area contributed by atoms with Crippen molar-refractivity contribution >= 4 is 34.9 Å². The van der Waals surface area contributed by atoms with Gasteiger partial charge >= 0.3 is 0 Å². The zero-order valence-electron chi connectivity index (χ0n) is 11.4. The molecule has 0 aliphatic carbocycles. The van der Waals surface area contributed by atoms with Crippen LogP contribution in [0, 0.1) is 0 Å². The first-order valence-corrected chi connectivity index (χ1v) is 8.43. The molecule has 2 amide bonds. The van der Waals surface area contributed by atoms with E-state index in [1.165, 1.54) is 16.2 Å². The van der Waals surface area contributed by atoms with E-state index in [1.807, 2.05) is 35.7 Å². The lowest BCUT2D eigenvalue weighted by Gasteiger charge is -2.06. The minimum absolute atomic E-state index is 0.173. The smallest absolute Gasteiger partial charge is 0.273 e. The largest absolute Gasteiger partial charge is 0.279 e. The molecule has 0 spiro atoms. The van der Waals surface area contributed by atoms with Gasteiger partial charge < -0.3 is 0 Å². The lowest BCUT2D eigenvalue weighted by molar-refractivity contribution is -0.121. The molecular weight excluding hydrogens is 304 g/mol. The molecule has 2 aromatic rings. The van der Waals surface area contributed by atoms with Crippen LogP contribution in [0.25, 0.3) is 0 Å². The van der Waals surface area contributed by atoms with E-state index in [2.05, 4.69) is 10.9 Å². The molecular formula is C15H16N2O2S2. The number of carbonyl (C=O) groups excluding carboxylic acids is 2. The van der Waals surface area contributed by atoms with Crippen molar-refractivity contribution in [3.8, 4) is 0 Å². The van der Waals surface area contributed by atoms with E-state index < -0.39 is 0 Å². The quantitative estimate of drug-likeness (QED) is 0.488. The molecule has 4 nitrogen and oxygen atoms in total. The first-order chi connectivity index (χ1) is 10.3. The van der Waals surface area contributed by atoms with Crippen molar-refractivity contribution in [2.45, 2.75) is 17.7 Å². The molecule has 6 heteroatoms. The van der Waals surface area contributed by atoms with Crippen molar-refractivity contribution < 1.29 is 9.59 Å². The number of hydrogen-bond donors (Lipinski definition) is 2. The summed E-state index contributed by atoms with van der Waals surface area (Å²) in [6, 6.07) is 13.6. The average Bonchev–Trinajstić information content (AvgIpc) is 3.05. The molecule has 0 bridgehead atoms. The normalized spacial score (nSPS) is 10.1. The fraction of sp³-hybridized carbons (Fsp3) is 0.200. The Hall–Kier alpha value is -1.79. The molecule has 1 aromatic heterocycles. The van der Waals surface area contributed by atoms with Gasteiger partial charge in [-0.05, 0) is 35.8 Å². The first-order valence-electron chi connectivity index (χ1n) is 6.56. The minimum Gasteiger partial charge on any atom is -0.273 e. The molecule has 21 heavy (non-hydrogen) atoms. The molecule has 0 aliphatic rings. The van der Waals surface area contributed by atoms with Crippen molar-refractivity contribution in [1.82, 2.24) is 10.9 Å². The van der Waals surface area contributed by atoms with Crippen LogP contribution in [0.2, 0.25) is 0 Å². The topological polar surface area (TPSA) is 58.2 Å². The summed E-state index contributed by atoms with van der Waals surface area (Å²) in [6.07, 6.45) is 1.16. The summed E-state index contributed by atoms with van der Waals surface area (Å²) in [6.45, 7) is 0. The number of thioether (sulfide) groups is 1. The standard InChI is InChI=1S/C15H16N2O2S2/c18-14(16-17-15(19)13-8-4-11-21-13)9-5-10-20-12-6-2-1-3-7-12/h1-4,6-8,11H,5,9-10H2,(H,16,18)(H,17,19). The van der Waals surface area contributed by atoms with Crippen LogP contribution in [0.15, 0.2) is 52.7 Å². The number of rotatable bonds is 6. The summed E-state index contributed by atoms with van der Waals surface area (Å²) in [5.41, 5.74) is 4.84. The second kappa shape index (κ2) is 8.49. The second-order valence-electron chi connectivity index (χ2n) is 4.24. The van der Waals surface area contributed by atoms with E-state index in [9.17, 15) is 9.59 Å². The van der Waals surface area contributed by atoms with Crippen LogP contribution in [0.5, 0.6) is 0 Å². The molecule has 2 rings (SSSR count). The third-order valence-electron chi connectivity index (χ3n) is 2.62. The van der Waals surface area contributed by atoms with Crippen LogP contribution in [-0.2, 0) is 4.79 Å². The third-order valence-corrected chi connectivity index (χ3v) is 4.59. The van der Waals surface area contributed by atoms with E-state index >= 15 is 0 Å². The number of amides is 2. The van der Waals surface area contributed by atoms with Crippen molar-refractivity contribution in [2.24, 2.45) is 0 Å². The van der Waals surface area contributed by atoms with Gasteiger partial charge in [0, 0.05) is 11.3 Å². The number of nitrogens with one attached hydrogen (secondary N) is 2. The molecule has 0 atom stereocenters. The summed E-state index contributed by atoms with van der Waals surface area (Å²) < 4.78 is 0. The number of carbonyl (C=O) groups is 2. The van der Waals surface area contributed by atoms with Gasteiger partial charge in [-0.15, -0.1) is 23.1 Å². The summed E-state index contributed by atoms with van der Waals surface area (Å²) in [5, 5.41) is 1.82. The van der Waals surface area contributed by atoms with Gasteiger partial charge in [-0.1, -0.05) is 24.3 Å². The predicted octanol–water partition coefficient (Wildman–Crippen LogP) is 3.08. The van der Waals surface area contributed by atoms with Crippen LogP contribution in [0.3, 0.4) is 0 Å². The summed E-state index contributed by atoms with van der Waals surface area (Å²) >= 11 is 3.05. The van der Waals surface area contributed by atoms with Gasteiger partial charge in [-0.2, -0.15) is 0 Å². The molecule has 0 aliphatic heterocycles. The third kappa shape index (κ3) is 5.61. The molecule has 1 aromatic carbocycles. The SMILES string of the molecule is O=C(CCCSc1ccccc1)NNC(=O)c1cccs1. The maximum Gasteiger partial charge on any atom is 0.279 e. The Morgan fingerprint density at radius 1 is 1.05 bits per heavy atom. The fourth-order valence-electron chi connectivity index (χ4n) is 1.60. The lowest BCUT2D eigenvalue weighted by atomic mass is 10.3. The van der Waals surface area contributed by atoms with Crippen molar-refractivity contribution in [3.63, 3.8) is 0 Å². The number of benzene rings is 1.